The van der Waals surface area contributed by atoms with Gasteiger partial charge in [0.1, 0.15) is 16.7 Å². The van der Waals surface area contributed by atoms with Crippen molar-refractivity contribution in [2.45, 2.75) is 0 Å². The summed E-state index contributed by atoms with van der Waals surface area (Å²) in [5, 5.41) is 9.11. The van der Waals surface area contributed by atoms with Gasteiger partial charge in [0.05, 0.1) is 5.69 Å². The Morgan fingerprint density at radius 1 is 0.340 bits per heavy atom. The Hall–Kier alpha value is -7.10. The van der Waals surface area contributed by atoms with Crippen molar-refractivity contribution in [3.8, 4) is 22.3 Å². The van der Waals surface area contributed by atoms with E-state index in [1.165, 1.54) is 21.9 Å². The third-order valence-corrected chi connectivity index (χ3v) is 10.6. The van der Waals surface area contributed by atoms with Crippen LogP contribution in [-0.4, -0.2) is 0 Å². The normalized spacial score (nSPS) is 11.8. The summed E-state index contributed by atoms with van der Waals surface area (Å²) in [6.45, 7) is 0. The molecule has 0 bridgehead atoms. The van der Waals surface area contributed by atoms with Crippen molar-refractivity contribution in [1.82, 2.24) is 0 Å². The summed E-state index contributed by atoms with van der Waals surface area (Å²) in [5.41, 5.74) is 11.3. The third kappa shape index (κ3) is 4.75. The van der Waals surface area contributed by atoms with E-state index in [0.29, 0.717) is 0 Å². The fourth-order valence-electron chi connectivity index (χ4n) is 8.10. The van der Waals surface area contributed by atoms with E-state index in [4.69, 9.17) is 8.83 Å². The number of para-hydroxylation sites is 2. The van der Waals surface area contributed by atoms with Gasteiger partial charge in [-0.05, 0) is 93.0 Å². The van der Waals surface area contributed by atoms with Crippen LogP contribution in [0, 0.1) is 0 Å². The van der Waals surface area contributed by atoms with Crippen LogP contribution in [0.25, 0.3) is 87.7 Å². The second kappa shape index (κ2) is 11.7. The van der Waals surface area contributed by atoms with Crippen LogP contribution >= 0.6 is 0 Å². The minimum absolute atomic E-state index is 0.858. The average molecular weight is 678 g/mol. The summed E-state index contributed by atoms with van der Waals surface area (Å²) in [6, 6.07) is 66.8. The van der Waals surface area contributed by atoms with E-state index in [2.05, 4.69) is 181 Å². The maximum Gasteiger partial charge on any atom is 0.159 e. The zero-order valence-electron chi connectivity index (χ0n) is 28.7. The van der Waals surface area contributed by atoms with Crippen molar-refractivity contribution in [2.24, 2.45) is 0 Å². The Balaban J connectivity index is 1.10. The fraction of sp³-hybridized carbons (Fsp3) is 0. The van der Waals surface area contributed by atoms with Crippen molar-refractivity contribution < 1.29 is 8.83 Å². The number of nitrogens with zero attached hydrogens (tertiary/aromatic N) is 1. The van der Waals surface area contributed by atoms with E-state index in [-0.39, 0.29) is 0 Å². The first-order valence-electron chi connectivity index (χ1n) is 18.0. The second-order valence-corrected chi connectivity index (χ2v) is 13.7. The van der Waals surface area contributed by atoms with Crippen LogP contribution in [0.2, 0.25) is 0 Å². The number of anilines is 3. The molecule has 0 aliphatic heterocycles. The zero-order valence-corrected chi connectivity index (χ0v) is 28.7. The van der Waals surface area contributed by atoms with Gasteiger partial charge >= 0.3 is 0 Å². The molecule has 248 valence electrons. The molecule has 0 amide bonds. The molecular formula is C50H31NO2. The molecule has 0 aliphatic rings. The fourth-order valence-corrected chi connectivity index (χ4v) is 8.10. The molecule has 0 aliphatic carbocycles. The van der Waals surface area contributed by atoms with Crippen molar-refractivity contribution in [2.75, 3.05) is 4.90 Å². The largest absolute Gasteiger partial charge is 0.456 e. The van der Waals surface area contributed by atoms with Crippen LogP contribution in [0.4, 0.5) is 17.1 Å². The summed E-state index contributed by atoms with van der Waals surface area (Å²) in [5.74, 6) is 0. The second-order valence-electron chi connectivity index (χ2n) is 13.7. The van der Waals surface area contributed by atoms with Crippen molar-refractivity contribution in [1.29, 1.82) is 0 Å². The van der Waals surface area contributed by atoms with Crippen molar-refractivity contribution in [3.05, 3.63) is 188 Å². The lowest BCUT2D eigenvalue weighted by Gasteiger charge is -2.26. The molecule has 0 saturated carbocycles. The van der Waals surface area contributed by atoms with Gasteiger partial charge in [-0.2, -0.15) is 0 Å². The first-order chi connectivity index (χ1) is 26.3. The summed E-state index contributed by atoms with van der Waals surface area (Å²) in [6.07, 6.45) is 0. The zero-order chi connectivity index (χ0) is 34.9. The molecule has 11 aromatic rings. The van der Waals surface area contributed by atoms with Gasteiger partial charge in [-0.15, -0.1) is 0 Å². The van der Waals surface area contributed by atoms with Crippen LogP contribution in [0.3, 0.4) is 0 Å². The minimum atomic E-state index is 0.858. The molecule has 0 radical (unpaired) electrons. The lowest BCUT2D eigenvalue weighted by Crippen LogP contribution is -2.10. The van der Waals surface area contributed by atoms with Crippen LogP contribution in [0.5, 0.6) is 0 Å². The first kappa shape index (κ1) is 29.6. The van der Waals surface area contributed by atoms with Crippen LogP contribution in [0.1, 0.15) is 0 Å². The highest BCUT2D eigenvalue weighted by Gasteiger charge is 2.21. The first-order valence-corrected chi connectivity index (χ1v) is 18.0. The number of benzene rings is 9. The molecule has 3 heteroatoms. The minimum Gasteiger partial charge on any atom is -0.456 e. The molecule has 0 saturated heterocycles. The molecule has 0 atom stereocenters. The molecule has 9 aromatic carbocycles. The maximum absolute atomic E-state index is 6.89. The molecule has 0 spiro atoms. The highest BCUT2D eigenvalue weighted by Crippen LogP contribution is 2.45. The standard InChI is InChI=1S/C50H31NO2/c1-2-10-32(11-3-1)35-20-21-37-31-39(28-24-36(37)30-35)51(45-17-8-16-42-43-29-25-33-12-4-5-13-41(33)49(43)53-50(42)45)38-26-22-34(23-27-38)40-15-9-19-47-48(40)44-14-6-7-18-46(44)52-47/h1-31H. The van der Waals surface area contributed by atoms with E-state index in [9.17, 15) is 0 Å². The van der Waals surface area contributed by atoms with E-state index in [1.54, 1.807) is 0 Å². The molecule has 0 fully saturated rings. The number of fused-ring (bicyclic) bond motifs is 9. The van der Waals surface area contributed by atoms with Gasteiger partial charge in [0.25, 0.3) is 0 Å². The lowest BCUT2D eigenvalue weighted by atomic mass is 9.98. The van der Waals surface area contributed by atoms with Gasteiger partial charge in [0.15, 0.2) is 5.58 Å². The molecule has 2 aromatic heterocycles. The number of hydrogen-bond donors (Lipinski definition) is 0. The quantitative estimate of drug-likeness (QED) is 0.182. The highest BCUT2D eigenvalue weighted by atomic mass is 16.3. The third-order valence-electron chi connectivity index (χ3n) is 10.6. The summed E-state index contributed by atoms with van der Waals surface area (Å²) < 4.78 is 13.1. The van der Waals surface area contributed by atoms with E-state index in [1.807, 2.05) is 12.1 Å². The Labute approximate surface area is 305 Å². The van der Waals surface area contributed by atoms with Gasteiger partial charge in [-0.25, -0.2) is 0 Å². The number of furan rings is 2. The van der Waals surface area contributed by atoms with Crippen molar-refractivity contribution in [3.63, 3.8) is 0 Å². The predicted octanol–water partition coefficient (Wildman–Crippen LogP) is 14.6. The van der Waals surface area contributed by atoms with E-state index >= 15 is 0 Å². The molecule has 2 heterocycles. The molecule has 3 nitrogen and oxygen atoms in total. The van der Waals surface area contributed by atoms with E-state index in [0.717, 1.165) is 82.8 Å². The van der Waals surface area contributed by atoms with Gasteiger partial charge in [0, 0.05) is 38.3 Å². The predicted molar refractivity (Wildman–Crippen MR) is 222 cm³/mol. The van der Waals surface area contributed by atoms with Crippen LogP contribution in [0.15, 0.2) is 197 Å². The lowest BCUT2D eigenvalue weighted by molar-refractivity contribution is 0.669. The van der Waals surface area contributed by atoms with Gasteiger partial charge in [-0.3, -0.25) is 0 Å². The Bertz CT molecular complexity index is 3170. The average Bonchev–Trinajstić information content (AvgIpc) is 3.81. The highest BCUT2D eigenvalue weighted by molar-refractivity contribution is 6.18. The monoisotopic (exact) mass is 677 g/mol. The smallest absolute Gasteiger partial charge is 0.159 e. The summed E-state index contributed by atoms with van der Waals surface area (Å²) >= 11 is 0. The van der Waals surface area contributed by atoms with Gasteiger partial charge in [-0.1, -0.05) is 133 Å². The van der Waals surface area contributed by atoms with E-state index < -0.39 is 0 Å². The molecule has 0 unspecified atom stereocenters. The molecule has 53 heavy (non-hydrogen) atoms. The SMILES string of the molecule is c1ccc(-c2ccc3cc(N(c4ccc(-c5cccc6oc7ccccc7c56)cc4)c4cccc5c4oc4c6ccccc6ccc54)ccc3c2)cc1. The topological polar surface area (TPSA) is 29.5 Å². The maximum atomic E-state index is 6.89. The molecular weight excluding hydrogens is 647 g/mol. The molecule has 11 rings (SSSR count). The Kier molecular flexibility index (Phi) is 6.55. The summed E-state index contributed by atoms with van der Waals surface area (Å²) in [4.78, 5) is 2.33. The van der Waals surface area contributed by atoms with Crippen LogP contribution in [-0.2, 0) is 0 Å². The number of hydrogen-bond acceptors (Lipinski definition) is 3. The number of rotatable bonds is 5. The molecule has 0 N–H and O–H groups in total. The van der Waals surface area contributed by atoms with Crippen molar-refractivity contribution >= 4 is 82.5 Å². The Morgan fingerprint density at radius 3 is 1.91 bits per heavy atom. The Morgan fingerprint density at radius 2 is 1.00 bits per heavy atom. The van der Waals surface area contributed by atoms with Gasteiger partial charge < -0.3 is 13.7 Å². The summed E-state index contributed by atoms with van der Waals surface area (Å²) in [7, 11) is 0. The van der Waals surface area contributed by atoms with Crippen LogP contribution < -0.4 is 4.90 Å². The van der Waals surface area contributed by atoms with Gasteiger partial charge in [0.2, 0.25) is 0 Å².